The molecular weight excluding hydrogens is 228 g/mol. The van der Waals surface area contributed by atoms with Crippen molar-refractivity contribution in [1.82, 2.24) is 4.90 Å². The lowest BCUT2D eigenvalue weighted by Crippen LogP contribution is -2.32. The minimum Gasteiger partial charge on any atom is -0.356 e. The van der Waals surface area contributed by atoms with E-state index in [1.165, 1.54) is 47.8 Å². The van der Waals surface area contributed by atoms with Gasteiger partial charge >= 0.3 is 0 Å². The van der Waals surface area contributed by atoms with Gasteiger partial charge in [0, 0.05) is 30.0 Å². The molecule has 90 valence electrons. The van der Waals surface area contributed by atoms with E-state index in [0.29, 0.717) is 0 Å². The van der Waals surface area contributed by atoms with Gasteiger partial charge in [-0.3, -0.25) is 0 Å². The first-order chi connectivity index (χ1) is 8.38. The number of hydrogen-bond acceptors (Lipinski definition) is 3. The third-order valence-corrected chi connectivity index (χ3v) is 4.44. The number of benzene rings is 1. The van der Waals surface area contributed by atoms with Crippen LogP contribution in [0.3, 0.4) is 0 Å². The maximum Gasteiger partial charge on any atom is 0.105 e. The van der Waals surface area contributed by atoms with E-state index in [0.717, 1.165) is 13.0 Å². The van der Waals surface area contributed by atoms with Gasteiger partial charge in [-0.1, -0.05) is 12.5 Å². The minimum atomic E-state index is 1.06. The highest BCUT2D eigenvalue weighted by atomic mass is 32.2. The minimum absolute atomic E-state index is 1.06. The van der Waals surface area contributed by atoms with Gasteiger partial charge in [0.15, 0.2) is 0 Å². The van der Waals surface area contributed by atoms with E-state index in [-0.39, 0.29) is 0 Å². The lowest BCUT2D eigenvalue weighted by molar-refractivity contribution is 0.400. The van der Waals surface area contributed by atoms with Crippen molar-refractivity contribution in [2.24, 2.45) is 4.99 Å². The number of fused-ring (bicyclic) bond motifs is 2. The van der Waals surface area contributed by atoms with Gasteiger partial charge in [0.25, 0.3) is 0 Å². The summed E-state index contributed by atoms with van der Waals surface area (Å²) in [6, 6.07) is 6.49. The van der Waals surface area contributed by atoms with Gasteiger partial charge in [-0.05, 0) is 31.2 Å². The van der Waals surface area contributed by atoms with Gasteiger partial charge < -0.3 is 4.90 Å². The van der Waals surface area contributed by atoms with Crippen LogP contribution in [-0.2, 0) is 6.54 Å². The Labute approximate surface area is 107 Å². The van der Waals surface area contributed by atoms with Crippen molar-refractivity contribution in [2.45, 2.75) is 37.1 Å². The Balaban J connectivity index is 2.01. The molecule has 2 aliphatic rings. The summed E-state index contributed by atoms with van der Waals surface area (Å²) in [5.41, 5.74) is 2.62. The number of amidine groups is 1. The maximum atomic E-state index is 4.87. The van der Waals surface area contributed by atoms with Crippen molar-refractivity contribution in [3.05, 3.63) is 23.8 Å². The molecule has 0 N–H and O–H groups in total. The summed E-state index contributed by atoms with van der Waals surface area (Å²) in [4.78, 5) is 8.73. The van der Waals surface area contributed by atoms with Crippen molar-refractivity contribution in [3.63, 3.8) is 0 Å². The quantitative estimate of drug-likeness (QED) is 0.700. The van der Waals surface area contributed by atoms with Crippen LogP contribution < -0.4 is 0 Å². The summed E-state index contributed by atoms with van der Waals surface area (Å²) in [5, 5.41) is 0. The molecule has 0 amide bonds. The molecule has 0 spiro atoms. The van der Waals surface area contributed by atoms with E-state index < -0.39 is 0 Å². The fourth-order valence-corrected chi connectivity index (χ4v) is 3.32. The van der Waals surface area contributed by atoms with E-state index in [4.69, 9.17) is 4.99 Å². The Morgan fingerprint density at radius 3 is 3.06 bits per heavy atom. The largest absolute Gasteiger partial charge is 0.356 e. The Morgan fingerprint density at radius 2 is 2.18 bits per heavy atom. The van der Waals surface area contributed by atoms with Crippen LogP contribution in [0, 0.1) is 0 Å². The van der Waals surface area contributed by atoms with Crippen LogP contribution in [-0.4, -0.2) is 23.5 Å². The molecule has 17 heavy (non-hydrogen) atoms. The molecule has 0 unspecified atom stereocenters. The Kier molecular flexibility index (Phi) is 3.10. The molecule has 0 aliphatic carbocycles. The van der Waals surface area contributed by atoms with Crippen LogP contribution in [0.1, 0.15) is 31.2 Å². The van der Waals surface area contributed by atoms with Gasteiger partial charge in [-0.2, -0.15) is 0 Å². The highest BCUT2D eigenvalue weighted by Crippen LogP contribution is 2.34. The Bertz CT molecular complexity index is 454. The first kappa shape index (κ1) is 11.1. The maximum absolute atomic E-state index is 4.87. The van der Waals surface area contributed by atoms with Gasteiger partial charge in [-0.25, -0.2) is 4.99 Å². The van der Waals surface area contributed by atoms with Gasteiger partial charge in [0.2, 0.25) is 0 Å². The van der Waals surface area contributed by atoms with Gasteiger partial charge in [0.05, 0.1) is 5.69 Å². The first-order valence-electron chi connectivity index (χ1n) is 6.37. The second kappa shape index (κ2) is 4.73. The standard InChI is InChI=1S/C14H18N2S/c1-17-13-7-5-6-12-11(13)10-16-9-4-2-3-8-14(16)15-12/h5-7H,2-4,8-10H2,1H3. The average molecular weight is 246 g/mol. The van der Waals surface area contributed by atoms with Gasteiger partial charge in [-0.15, -0.1) is 11.8 Å². The molecule has 2 nitrogen and oxygen atoms in total. The normalized spacial score (nSPS) is 19.1. The molecule has 1 aromatic rings. The Hall–Kier alpha value is -0.960. The van der Waals surface area contributed by atoms with Crippen LogP contribution >= 0.6 is 11.8 Å². The highest BCUT2D eigenvalue weighted by molar-refractivity contribution is 7.98. The molecule has 0 bridgehead atoms. The summed E-state index contributed by atoms with van der Waals surface area (Å²) in [5.74, 6) is 1.31. The Morgan fingerprint density at radius 1 is 1.24 bits per heavy atom. The van der Waals surface area contributed by atoms with Crippen molar-refractivity contribution >= 4 is 23.3 Å². The van der Waals surface area contributed by atoms with Gasteiger partial charge in [0.1, 0.15) is 5.84 Å². The molecule has 3 heteroatoms. The number of hydrogen-bond donors (Lipinski definition) is 0. The number of rotatable bonds is 1. The zero-order chi connectivity index (χ0) is 11.7. The summed E-state index contributed by atoms with van der Waals surface area (Å²) < 4.78 is 0. The summed E-state index contributed by atoms with van der Waals surface area (Å²) in [6.45, 7) is 2.24. The molecular formula is C14H18N2S. The van der Waals surface area contributed by atoms with E-state index in [1.54, 1.807) is 0 Å². The molecule has 0 atom stereocenters. The van der Waals surface area contributed by atoms with Crippen LogP contribution in [0.15, 0.2) is 28.1 Å². The zero-order valence-corrected chi connectivity index (χ0v) is 11.1. The molecule has 2 aliphatic heterocycles. The van der Waals surface area contributed by atoms with E-state index in [2.05, 4.69) is 29.4 Å². The predicted molar refractivity (Wildman–Crippen MR) is 74.2 cm³/mol. The lowest BCUT2D eigenvalue weighted by atomic mass is 10.1. The predicted octanol–water partition coefficient (Wildman–Crippen LogP) is 3.83. The molecule has 0 aromatic heterocycles. The third-order valence-electron chi connectivity index (χ3n) is 3.62. The average Bonchev–Trinajstić information content (AvgIpc) is 2.60. The molecule has 1 aromatic carbocycles. The van der Waals surface area contributed by atoms with E-state index in [1.807, 2.05) is 11.8 Å². The number of nitrogens with zero attached hydrogens (tertiary/aromatic N) is 2. The lowest BCUT2D eigenvalue weighted by Gasteiger charge is -2.30. The zero-order valence-electron chi connectivity index (χ0n) is 10.3. The summed E-state index contributed by atoms with van der Waals surface area (Å²) in [6.07, 6.45) is 7.27. The first-order valence-corrected chi connectivity index (χ1v) is 7.59. The molecule has 1 saturated heterocycles. The monoisotopic (exact) mass is 246 g/mol. The molecule has 0 saturated carbocycles. The fraction of sp³-hybridized carbons (Fsp3) is 0.500. The molecule has 1 fully saturated rings. The van der Waals surface area contributed by atoms with Crippen LogP contribution in [0.25, 0.3) is 0 Å². The van der Waals surface area contributed by atoms with Crippen molar-refractivity contribution < 1.29 is 0 Å². The number of aliphatic imine (C=N–C) groups is 1. The van der Waals surface area contributed by atoms with Crippen LogP contribution in [0.2, 0.25) is 0 Å². The third kappa shape index (κ3) is 2.08. The smallest absolute Gasteiger partial charge is 0.105 e. The molecule has 0 radical (unpaired) electrons. The topological polar surface area (TPSA) is 15.6 Å². The van der Waals surface area contributed by atoms with Crippen molar-refractivity contribution in [3.8, 4) is 0 Å². The van der Waals surface area contributed by atoms with Crippen molar-refractivity contribution in [2.75, 3.05) is 12.8 Å². The molecule has 2 heterocycles. The van der Waals surface area contributed by atoms with Crippen molar-refractivity contribution in [1.29, 1.82) is 0 Å². The second-order valence-corrected chi connectivity index (χ2v) is 5.57. The van der Waals surface area contributed by atoms with E-state index >= 15 is 0 Å². The second-order valence-electron chi connectivity index (χ2n) is 4.72. The van der Waals surface area contributed by atoms with Crippen LogP contribution in [0.5, 0.6) is 0 Å². The number of thioether (sulfide) groups is 1. The van der Waals surface area contributed by atoms with E-state index in [9.17, 15) is 0 Å². The summed E-state index contributed by atoms with van der Waals surface area (Å²) >= 11 is 1.83. The molecule has 3 rings (SSSR count). The SMILES string of the molecule is CSc1cccc2c1CN1CCCCCC1=N2. The van der Waals surface area contributed by atoms with Crippen LogP contribution in [0.4, 0.5) is 5.69 Å². The highest BCUT2D eigenvalue weighted by Gasteiger charge is 2.22. The summed E-state index contributed by atoms with van der Waals surface area (Å²) in [7, 11) is 0. The fourth-order valence-electron chi connectivity index (χ4n) is 2.69.